The Morgan fingerprint density at radius 2 is 1.39 bits per heavy atom. The molecule has 2 aromatic carbocycles. The van der Waals surface area contributed by atoms with E-state index in [9.17, 15) is 0 Å². The lowest BCUT2D eigenvalue weighted by Gasteiger charge is -2.09. The molecule has 0 nitrogen and oxygen atoms in total. The number of hydrogen-bond donors (Lipinski definition) is 0. The van der Waals surface area contributed by atoms with Crippen LogP contribution in [0.25, 0.3) is 11.1 Å². The summed E-state index contributed by atoms with van der Waals surface area (Å²) in [6.45, 7) is 4.54. The molecule has 0 aromatic heterocycles. The highest BCUT2D eigenvalue weighted by molar-refractivity contribution is 6.30. The first kappa shape index (κ1) is 13.2. The summed E-state index contributed by atoms with van der Waals surface area (Å²) in [6, 6.07) is 16.8. The van der Waals surface area contributed by atoms with Crippen LogP contribution in [0.5, 0.6) is 0 Å². The van der Waals surface area contributed by atoms with Crippen LogP contribution in [0, 0.1) is 5.92 Å². The van der Waals surface area contributed by atoms with Crippen LogP contribution in [-0.4, -0.2) is 0 Å². The zero-order valence-corrected chi connectivity index (χ0v) is 11.7. The third kappa shape index (κ3) is 3.36. The molecule has 2 aromatic rings. The fourth-order valence-corrected chi connectivity index (χ4v) is 2.15. The molecule has 0 aliphatic carbocycles. The van der Waals surface area contributed by atoms with Crippen LogP contribution in [0.15, 0.2) is 48.5 Å². The van der Waals surface area contributed by atoms with Gasteiger partial charge >= 0.3 is 0 Å². The van der Waals surface area contributed by atoms with E-state index in [0.29, 0.717) is 0 Å². The van der Waals surface area contributed by atoms with Crippen LogP contribution in [0.1, 0.15) is 25.8 Å². The van der Waals surface area contributed by atoms with Crippen molar-refractivity contribution in [2.45, 2.75) is 26.7 Å². The molecule has 0 spiro atoms. The van der Waals surface area contributed by atoms with Gasteiger partial charge in [0.25, 0.3) is 0 Å². The van der Waals surface area contributed by atoms with Gasteiger partial charge in [-0.15, -0.1) is 0 Å². The highest BCUT2D eigenvalue weighted by atomic mass is 35.5. The van der Waals surface area contributed by atoms with E-state index in [2.05, 4.69) is 50.2 Å². The molecule has 1 unspecified atom stereocenters. The van der Waals surface area contributed by atoms with Gasteiger partial charge in [0.1, 0.15) is 0 Å². The van der Waals surface area contributed by atoms with Crippen molar-refractivity contribution in [3.63, 3.8) is 0 Å². The van der Waals surface area contributed by atoms with E-state index in [1.54, 1.807) is 0 Å². The average molecular weight is 259 g/mol. The second-order valence-corrected chi connectivity index (χ2v) is 5.36. The minimum absolute atomic E-state index is 0.756. The van der Waals surface area contributed by atoms with Gasteiger partial charge in [0.2, 0.25) is 0 Å². The van der Waals surface area contributed by atoms with Gasteiger partial charge in [0, 0.05) is 5.02 Å². The molecule has 18 heavy (non-hydrogen) atoms. The Kier molecular flexibility index (Phi) is 4.43. The van der Waals surface area contributed by atoms with Crippen molar-refractivity contribution in [2.75, 3.05) is 0 Å². The van der Waals surface area contributed by atoms with E-state index in [1.807, 2.05) is 12.1 Å². The van der Waals surface area contributed by atoms with Gasteiger partial charge in [0.15, 0.2) is 0 Å². The Bertz CT molecular complexity index is 482. The zero-order valence-electron chi connectivity index (χ0n) is 11.0. The summed E-state index contributed by atoms with van der Waals surface area (Å²) < 4.78 is 0. The SMILES string of the molecule is CCC(C)Cc1ccc(-c2ccc(Cl)cc2)cc1. The Morgan fingerprint density at radius 3 is 1.89 bits per heavy atom. The lowest BCUT2D eigenvalue weighted by atomic mass is 9.97. The molecule has 2 rings (SSSR count). The maximum Gasteiger partial charge on any atom is 0.0406 e. The highest BCUT2D eigenvalue weighted by Gasteiger charge is 2.02. The molecule has 1 heteroatoms. The predicted octanol–water partition coefficient (Wildman–Crippen LogP) is 5.60. The molecular formula is C17H19Cl. The third-order valence-electron chi connectivity index (χ3n) is 3.41. The quantitative estimate of drug-likeness (QED) is 0.670. The normalized spacial score (nSPS) is 12.4. The fourth-order valence-electron chi connectivity index (χ4n) is 2.02. The number of halogens is 1. The van der Waals surface area contributed by atoms with Crippen LogP contribution in [-0.2, 0) is 6.42 Å². The first-order valence-corrected chi connectivity index (χ1v) is 6.91. The lowest BCUT2D eigenvalue weighted by Crippen LogP contribution is -1.97. The maximum absolute atomic E-state index is 5.90. The van der Waals surface area contributed by atoms with Crippen LogP contribution in [0.2, 0.25) is 5.02 Å². The van der Waals surface area contributed by atoms with Gasteiger partial charge < -0.3 is 0 Å². The molecule has 0 N–H and O–H groups in total. The molecule has 0 saturated carbocycles. The van der Waals surface area contributed by atoms with Crippen molar-refractivity contribution in [1.82, 2.24) is 0 Å². The molecule has 94 valence electrons. The summed E-state index contributed by atoms with van der Waals surface area (Å²) in [5.41, 5.74) is 3.89. The van der Waals surface area contributed by atoms with Gasteiger partial charge in [-0.2, -0.15) is 0 Å². The minimum Gasteiger partial charge on any atom is -0.0843 e. The Morgan fingerprint density at radius 1 is 0.889 bits per heavy atom. The van der Waals surface area contributed by atoms with Crippen molar-refractivity contribution in [1.29, 1.82) is 0 Å². The van der Waals surface area contributed by atoms with Crippen molar-refractivity contribution in [3.05, 3.63) is 59.1 Å². The Labute approximate surface area is 115 Å². The second kappa shape index (κ2) is 6.06. The number of rotatable bonds is 4. The molecule has 1 atom stereocenters. The molecule has 0 bridgehead atoms. The van der Waals surface area contributed by atoms with Crippen LogP contribution in [0.4, 0.5) is 0 Å². The van der Waals surface area contributed by atoms with E-state index in [1.165, 1.54) is 23.1 Å². The van der Waals surface area contributed by atoms with Crippen LogP contribution < -0.4 is 0 Å². The van der Waals surface area contributed by atoms with E-state index in [0.717, 1.165) is 17.4 Å². The summed E-state index contributed by atoms with van der Waals surface area (Å²) in [7, 11) is 0. The first-order valence-electron chi connectivity index (χ1n) is 6.54. The van der Waals surface area contributed by atoms with Crippen molar-refractivity contribution in [2.24, 2.45) is 5.92 Å². The molecule has 0 amide bonds. The first-order chi connectivity index (χ1) is 8.69. The standard InChI is InChI=1S/C17H19Cl/c1-3-13(2)12-14-4-6-15(7-5-14)16-8-10-17(18)11-9-16/h4-11,13H,3,12H2,1-2H3. The van der Waals surface area contributed by atoms with E-state index in [-0.39, 0.29) is 0 Å². The second-order valence-electron chi connectivity index (χ2n) is 4.92. The Hall–Kier alpha value is -1.27. The summed E-state index contributed by atoms with van der Waals surface area (Å²) in [5, 5.41) is 0.784. The molecular weight excluding hydrogens is 240 g/mol. The van der Waals surface area contributed by atoms with Gasteiger partial charge in [0.05, 0.1) is 0 Å². The summed E-state index contributed by atoms with van der Waals surface area (Å²) in [4.78, 5) is 0. The summed E-state index contributed by atoms with van der Waals surface area (Å²) >= 11 is 5.90. The number of benzene rings is 2. The average Bonchev–Trinajstić information content (AvgIpc) is 2.40. The number of hydrogen-bond acceptors (Lipinski definition) is 0. The van der Waals surface area contributed by atoms with Crippen LogP contribution >= 0.6 is 11.6 Å². The van der Waals surface area contributed by atoms with E-state index >= 15 is 0 Å². The molecule has 0 saturated heterocycles. The van der Waals surface area contributed by atoms with Gasteiger partial charge in [-0.05, 0) is 41.2 Å². The molecule has 0 heterocycles. The predicted molar refractivity (Wildman–Crippen MR) is 80.0 cm³/mol. The van der Waals surface area contributed by atoms with Crippen molar-refractivity contribution < 1.29 is 0 Å². The molecule has 0 aliphatic rings. The van der Waals surface area contributed by atoms with E-state index in [4.69, 9.17) is 11.6 Å². The van der Waals surface area contributed by atoms with Crippen molar-refractivity contribution >= 4 is 11.6 Å². The minimum atomic E-state index is 0.756. The monoisotopic (exact) mass is 258 g/mol. The maximum atomic E-state index is 5.90. The molecule has 0 fully saturated rings. The Balaban J connectivity index is 2.14. The topological polar surface area (TPSA) is 0 Å². The van der Waals surface area contributed by atoms with Gasteiger partial charge in [-0.3, -0.25) is 0 Å². The van der Waals surface area contributed by atoms with Crippen molar-refractivity contribution in [3.8, 4) is 11.1 Å². The fraction of sp³-hybridized carbons (Fsp3) is 0.294. The van der Waals surface area contributed by atoms with Gasteiger partial charge in [-0.1, -0.05) is 68.3 Å². The van der Waals surface area contributed by atoms with Gasteiger partial charge in [-0.25, -0.2) is 0 Å². The zero-order chi connectivity index (χ0) is 13.0. The summed E-state index contributed by atoms with van der Waals surface area (Å²) in [6.07, 6.45) is 2.40. The molecule has 0 aliphatic heterocycles. The smallest absolute Gasteiger partial charge is 0.0406 e. The van der Waals surface area contributed by atoms with Crippen LogP contribution in [0.3, 0.4) is 0 Å². The third-order valence-corrected chi connectivity index (χ3v) is 3.66. The largest absolute Gasteiger partial charge is 0.0843 e. The van der Waals surface area contributed by atoms with E-state index < -0.39 is 0 Å². The highest BCUT2D eigenvalue weighted by Crippen LogP contribution is 2.22. The lowest BCUT2D eigenvalue weighted by molar-refractivity contribution is 0.560. The molecule has 0 radical (unpaired) electrons. The summed E-state index contributed by atoms with van der Waals surface area (Å²) in [5.74, 6) is 0.756.